The van der Waals surface area contributed by atoms with Crippen LogP contribution in [0.2, 0.25) is 0 Å². The van der Waals surface area contributed by atoms with Crippen molar-refractivity contribution in [2.45, 2.75) is 64.6 Å². The normalized spacial score (nSPS) is 15.4. The minimum absolute atomic E-state index is 0.116. The maximum atomic E-state index is 13.3. The van der Waals surface area contributed by atoms with Gasteiger partial charge in [0.05, 0.1) is 30.7 Å². The van der Waals surface area contributed by atoms with E-state index in [4.69, 9.17) is 14.5 Å². The minimum Gasteiger partial charge on any atom is -0.494 e. The molecule has 1 atom stereocenters. The molecule has 1 unspecified atom stereocenters. The number of carbonyl (C=O) groups excluding carboxylic acids is 3. The number of aryl methyl sites for hydroxylation is 2. The van der Waals surface area contributed by atoms with E-state index in [0.717, 1.165) is 94.2 Å². The summed E-state index contributed by atoms with van der Waals surface area (Å²) in [6.45, 7) is 15.0. The lowest BCUT2D eigenvalue weighted by atomic mass is 9.99. The Bertz CT molecular complexity index is 2610. The number of carbonyl (C=O) groups is 3. The molecule has 7 rings (SSSR count). The Hall–Kier alpha value is -6.20. The number of hydrogen-bond donors (Lipinski definition) is 3. The van der Waals surface area contributed by atoms with Crippen LogP contribution in [0.5, 0.6) is 11.5 Å². The van der Waals surface area contributed by atoms with Crippen molar-refractivity contribution < 1.29 is 28.4 Å². The van der Waals surface area contributed by atoms with E-state index in [1.807, 2.05) is 55.3 Å². The third kappa shape index (κ3) is 12.9. The molecule has 0 saturated carbocycles. The van der Waals surface area contributed by atoms with E-state index in [1.54, 1.807) is 50.8 Å². The summed E-state index contributed by atoms with van der Waals surface area (Å²) >= 11 is 0. The third-order valence-corrected chi connectivity index (χ3v) is 14.7. The standard InChI is InChI=1S/C50H67N12O6P/c1-8-36-28-43(55-50-52-30-45(62-34-53-35(2)57-62)49(56-50)54-42-11-9-10-12-47(42)69(6,7)66)46(67-5)29-44(36)61-19-17-39(18-20-61)60-23-21-59(22-24-60)25-26-68-41-15-13-37(32-63)38(27-41)31-58(4)40(33-64)14-16-48(65)51-3/h9-13,15,27-30,32-34,39-40H,8,14,16-26,31H2,1-7H3,(H,51,65)(H2,52,54,55,56). The maximum absolute atomic E-state index is 13.3. The Balaban J connectivity index is 0.929. The Kier molecular flexibility index (Phi) is 17.2. The number of nitrogens with one attached hydrogen (secondary N) is 3. The van der Waals surface area contributed by atoms with Gasteiger partial charge in [0.15, 0.2) is 5.82 Å². The van der Waals surface area contributed by atoms with Crippen molar-refractivity contribution in [2.24, 2.45) is 0 Å². The molecule has 1 amide bonds. The van der Waals surface area contributed by atoms with Gasteiger partial charge in [0, 0.05) is 94.5 Å². The van der Waals surface area contributed by atoms with Crippen LogP contribution in [0.25, 0.3) is 5.69 Å². The van der Waals surface area contributed by atoms with Crippen molar-refractivity contribution in [3.05, 3.63) is 89.6 Å². The molecule has 2 fully saturated rings. The molecule has 69 heavy (non-hydrogen) atoms. The van der Waals surface area contributed by atoms with Crippen molar-refractivity contribution in [2.75, 3.05) is 102 Å². The molecule has 18 nitrogen and oxygen atoms in total. The Morgan fingerprint density at radius 3 is 2.39 bits per heavy atom. The van der Waals surface area contributed by atoms with E-state index in [1.165, 1.54) is 11.3 Å². The molecule has 2 saturated heterocycles. The van der Waals surface area contributed by atoms with Gasteiger partial charge in [-0.3, -0.25) is 24.3 Å². The highest BCUT2D eigenvalue weighted by Crippen LogP contribution is 2.40. The van der Waals surface area contributed by atoms with Crippen LogP contribution >= 0.6 is 7.14 Å². The van der Waals surface area contributed by atoms with Crippen LogP contribution in [0.3, 0.4) is 0 Å². The molecule has 2 aliphatic rings. The van der Waals surface area contributed by atoms with Crippen molar-refractivity contribution >= 4 is 59.8 Å². The maximum Gasteiger partial charge on any atom is 0.229 e. The molecular weight excluding hydrogens is 896 g/mol. The van der Waals surface area contributed by atoms with Gasteiger partial charge in [-0.1, -0.05) is 19.1 Å². The van der Waals surface area contributed by atoms with E-state index in [-0.39, 0.29) is 12.3 Å². The van der Waals surface area contributed by atoms with Gasteiger partial charge in [-0.25, -0.2) is 14.6 Å². The van der Waals surface area contributed by atoms with Gasteiger partial charge in [-0.2, -0.15) is 10.1 Å². The number of ether oxygens (including phenoxy) is 2. The number of anilines is 5. The first kappa shape index (κ1) is 50.7. The summed E-state index contributed by atoms with van der Waals surface area (Å²) in [7, 11) is 2.46. The summed E-state index contributed by atoms with van der Waals surface area (Å²) in [5.41, 5.74) is 5.72. The van der Waals surface area contributed by atoms with Gasteiger partial charge in [0.2, 0.25) is 11.9 Å². The first-order chi connectivity index (χ1) is 33.3. The number of para-hydroxylation sites is 1. The van der Waals surface area contributed by atoms with Crippen LogP contribution in [-0.2, 0) is 27.1 Å². The second-order valence-electron chi connectivity index (χ2n) is 18.1. The lowest BCUT2D eigenvalue weighted by Crippen LogP contribution is -2.53. The van der Waals surface area contributed by atoms with Gasteiger partial charge in [0.25, 0.3) is 0 Å². The summed E-state index contributed by atoms with van der Waals surface area (Å²) in [5.74, 6) is 2.69. The SMILES string of the molecule is CCc1cc(Nc2ncc(-n3cnc(C)n3)c(Nc3ccccc3P(C)(C)=O)n2)c(OC)cc1N1CCC(N2CCN(CCOc3ccc(C=O)c(CN(C)C(C=O)CCC(=O)NC)c3)CC2)CC1. The fraction of sp³-hybridized carbons (Fsp3) is 0.460. The summed E-state index contributed by atoms with van der Waals surface area (Å²) in [5, 5.41) is 14.7. The average molecular weight is 963 g/mol. The predicted octanol–water partition coefficient (Wildman–Crippen LogP) is 5.68. The zero-order valence-corrected chi connectivity index (χ0v) is 41.9. The lowest BCUT2D eigenvalue weighted by molar-refractivity contribution is -0.121. The summed E-state index contributed by atoms with van der Waals surface area (Å²) in [6, 6.07) is 17.3. The van der Waals surface area contributed by atoms with E-state index in [2.05, 4.69) is 64.8 Å². The van der Waals surface area contributed by atoms with Crippen LogP contribution in [0.1, 0.15) is 59.9 Å². The minimum atomic E-state index is -2.62. The summed E-state index contributed by atoms with van der Waals surface area (Å²) < 4.78 is 27.1. The molecule has 3 aromatic carbocycles. The molecular formula is C50H67N12O6P. The molecule has 19 heteroatoms. The quantitative estimate of drug-likeness (QED) is 0.0567. The van der Waals surface area contributed by atoms with E-state index in [0.29, 0.717) is 71.6 Å². The monoisotopic (exact) mass is 963 g/mol. The summed E-state index contributed by atoms with van der Waals surface area (Å²) in [4.78, 5) is 58.8. The molecule has 4 heterocycles. The molecule has 2 aliphatic heterocycles. The van der Waals surface area contributed by atoms with Gasteiger partial charge in [-0.05, 0) is 101 Å². The second kappa shape index (κ2) is 23.4. The number of amides is 1. The number of hydrogen-bond acceptors (Lipinski definition) is 16. The van der Waals surface area contributed by atoms with E-state index >= 15 is 0 Å². The lowest BCUT2D eigenvalue weighted by Gasteiger charge is -2.43. The highest BCUT2D eigenvalue weighted by atomic mass is 31.2. The number of benzene rings is 3. The Morgan fingerprint density at radius 1 is 0.957 bits per heavy atom. The second-order valence-corrected chi connectivity index (χ2v) is 21.3. The smallest absolute Gasteiger partial charge is 0.229 e. The van der Waals surface area contributed by atoms with Crippen LogP contribution in [0.15, 0.2) is 67.1 Å². The molecule has 0 radical (unpaired) electrons. The van der Waals surface area contributed by atoms with Crippen LogP contribution in [0, 0.1) is 6.92 Å². The fourth-order valence-corrected chi connectivity index (χ4v) is 10.3. The average Bonchev–Trinajstić information content (AvgIpc) is 3.79. The number of piperidine rings is 1. The van der Waals surface area contributed by atoms with Crippen molar-refractivity contribution in [1.29, 1.82) is 0 Å². The number of nitrogens with zero attached hydrogens (tertiary/aromatic N) is 9. The Morgan fingerprint density at radius 2 is 1.72 bits per heavy atom. The molecule has 5 aromatic rings. The number of methoxy groups -OCH3 is 1. The number of likely N-dealkylation sites (N-methyl/N-ethyl adjacent to an activating group) is 1. The first-order valence-corrected chi connectivity index (χ1v) is 26.3. The van der Waals surface area contributed by atoms with E-state index < -0.39 is 13.2 Å². The van der Waals surface area contributed by atoms with Crippen LogP contribution in [0.4, 0.5) is 28.8 Å². The van der Waals surface area contributed by atoms with Gasteiger partial charge in [-0.15, -0.1) is 0 Å². The first-order valence-electron chi connectivity index (χ1n) is 23.7. The largest absolute Gasteiger partial charge is 0.494 e. The fourth-order valence-electron chi connectivity index (χ4n) is 9.13. The highest BCUT2D eigenvalue weighted by molar-refractivity contribution is 7.70. The number of piperazine rings is 1. The van der Waals surface area contributed by atoms with Crippen LogP contribution < -0.4 is 35.6 Å². The third-order valence-electron chi connectivity index (χ3n) is 13.1. The Labute approximate surface area is 405 Å². The topological polar surface area (TPSA) is 192 Å². The number of rotatable bonds is 22. The highest BCUT2D eigenvalue weighted by Gasteiger charge is 2.29. The molecule has 0 aliphatic carbocycles. The molecule has 3 N–H and O–H groups in total. The summed E-state index contributed by atoms with van der Waals surface area (Å²) in [6.07, 6.45) is 8.59. The van der Waals surface area contributed by atoms with Gasteiger partial charge in [0.1, 0.15) is 55.7 Å². The number of aromatic nitrogens is 5. The molecule has 0 bridgehead atoms. The van der Waals surface area contributed by atoms with Crippen molar-refractivity contribution in [1.82, 2.24) is 44.7 Å². The van der Waals surface area contributed by atoms with E-state index in [9.17, 15) is 18.9 Å². The molecule has 0 spiro atoms. The zero-order valence-electron chi connectivity index (χ0n) is 41.0. The predicted molar refractivity (Wildman–Crippen MR) is 271 cm³/mol. The number of aldehydes is 2. The zero-order chi connectivity index (χ0) is 49.1. The van der Waals surface area contributed by atoms with Crippen molar-refractivity contribution in [3.8, 4) is 17.2 Å². The molecule has 2 aromatic heterocycles. The van der Waals surface area contributed by atoms with Gasteiger partial charge < -0.3 is 39.7 Å². The van der Waals surface area contributed by atoms with Crippen LogP contribution in [-0.4, -0.2) is 157 Å². The van der Waals surface area contributed by atoms with Crippen molar-refractivity contribution in [3.63, 3.8) is 0 Å². The molecule has 368 valence electrons. The van der Waals surface area contributed by atoms with Gasteiger partial charge >= 0.3 is 0 Å².